The number of fused-ring (bicyclic) bond motifs is 4. The van der Waals surface area contributed by atoms with Crippen LogP contribution in [-0.4, -0.2) is 19.0 Å². The van der Waals surface area contributed by atoms with Crippen LogP contribution in [0.25, 0.3) is 0 Å². The Bertz CT molecular complexity index is 670. The number of benzene rings is 2. The molecular formula is C18H20O2Te. The number of hydrogen-bond donors (Lipinski definition) is 0. The molecule has 110 valence electrons. The topological polar surface area (TPSA) is 18.5 Å². The van der Waals surface area contributed by atoms with Crippen LogP contribution in [-0.2, 0) is 17.4 Å². The van der Waals surface area contributed by atoms with E-state index in [1.165, 1.54) is 18.3 Å². The van der Waals surface area contributed by atoms with Gasteiger partial charge in [0, 0.05) is 0 Å². The molecule has 0 N–H and O–H groups in total. The Kier molecular flexibility index (Phi) is 2.70. The molecule has 2 aliphatic rings. The molecule has 0 atom stereocenters. The Morgan fingerprint density at radius 2 is 1.05 bits per heavy atom. The summed E-state index contributed by atoms with van der Waals surface area (Å²) in [7, 11) is 0. The van der Waals surface area contributed by atoms with Crippen molar-refractivity contribution in [3.63, 3.8) is 0 Å². The maximum atomic E-state index is 6.70. The van der Waals surface area contributed by atoms with Crippen molar-refractivity contribution in [1.82, 2.24) is 0 Å². The van der Waals surface area contributed by atoms with Crippen molar-refractivity contribution in [2.75, 3.05) is 0 Å². The van der Waals surface area contributed by atoms with Crippen LogP contribution < -0.4 is 7.22 Å². The van der Waals surface area contributed by atoms with Gasteiger partial charge in [-0.25, -0.2) is 0 Å². The van der Waals surface area contributed by atoms with Gasteiger partial charge in [0.15, 0.2) is 0 Å². The Morgan fingerprint density at radius 3 is 1.48 bits per heavy atom. The van der Waals surface area contributed by atoms with Crippen molar-refractivity contribution in [3.05, 3.63) is 59.7 Å². The predicted octanol–water partition coefficient (Wildman–Crippen LogP) is 2.77. The summed E-state index contributed by atoms with van der Waals surface area (Å²) in [5.74, 6) is 0. The molecule has 0 amide bonds. The Balaban J connectivity index is 2.04. The molecule has 2 heterocycles. The average Bonchev–Trinajstić information content (AvgIpc) is 2.81. The molecule has 2 nitrogen and oxygen atoms in total. The molecule has 0 aliphatic carbocycles. The summed E-state index contributed by atoms with van der Waals surface area (Å²) < 4.78 is 16.0. The summed E-state index contributed by atoms with van der Waals surface area (Å²) >= 11 is -3.25. The molecule has 21 heavy (non-hydrogen) atoms. The van der Waals surface area contributed by atoms with E-state index in [2.05, 4.69) is 76.2 Å². The second-order valence-corrected chi connectivity index (χ2v) is 13.0. The van der Waals surface area contributed by atoms with E-state index in [4.69, 9.17) is 6.20 Å². The number of hydrogen-bond acceptors (Lipinski definition) is 2. The summed E-state index contributed by atoms with van der Waals surface area (Å²) in [4.78, 5) is 0. The van der Waals surface area contributed by atoms with Gasteiger partial charge in [-0.15, -0.1) is 0 Å². The Hall–Kier alpha value is -0.850. The molecule has 0 saturated heterocycles. The van der Waals surface area contributed by atoms with E-state index in [0.717, 1.165) is 0 Å². The number of rotatable bonds is 0. The van der Waals surface area contributed by atoms with Crippen molar-refractivity contribution in [2.45, 2.75) is 38.9 Å². The van der Waals surface area contributed by atoms with Crippen molar-refractivity contribution in [2.24, 2.45) is 0 Å². The summed E-state index contributed by atoms with van der Waals surface area (Å²) in [6.45, 7) is 8.63. The zero-order chi connectivity index (χ0) is 14.9. The molecule has 0 bridgehead atoms. The second kappa shape index (κ2) is 4.12. The third kappa shape index (κ3) is 1.72. The van der Waals surface area contributed by atoms with Crippen LogP contribution in [0.3, 0.4) is 0 Å². The van der Waals surface area contributed by atoms with Gasteiger partial charge >= 0.3 is 131 Å². The minimum atomic E-state index is -3.25. The molecule has 2 aliphatic heterocycles. The van der Waals surface area contributed by atoms with Gasteiger partial charge in [0.05, 0.1) is 0 Å². The maximum absolute atomic E-state index is 6.70. The third-order valence-corrected chi connectivity index (χ3v) is 13.4. The zero-order valence-corrected chi connectivity index (χ0v) is 15.2. The van der Waals surface area contributed by atoms with E-state index in [1.807, 2.05) is 0 Å². The van der Waals surface area contributed by atoms with E-state index in [-0.39, 0.29) is 11.2 Å². The predicted molar refractivity (Wildman–Crippen MR) is 86.1 cm³/mol. The van der Waals surface area contributed by atoms with E-state index < -0.39 is 19.0 Å². The van der Waals surface area contributed by atoms with Gasteiger partial charge in [-0.2, -0.15) is 0 Å². The molecular weight excluding hydrogens is 376 g/mol. The van der Waals surface area contributed by atoms with Crippen LogP contribution in [0, 0.1) is 0 Å². The first kappa shape index (κ1) is 13.8. The normalized spacial score (nSPS) is 24.6. The van der Waals surface area contributed by atoms with Crippen LogP contribution in [0.2, 0.25) is 0 Å². The standard InChI is InChI=1S/C18H20O2Te/c1-17(2)13-9-5-7-11-15(13)21(19-17)16-12-8-6-10-14(16)18(3,4)20-21/h5-12H,1-4H3. The molecule has 1 spiro atoms. The Labute approximate surface area is 131 Å². The van der Waals surface area contributed by atoms with Gasteiger partial charge in [-0.1, -0.05) is 0 Å². The van der Waals surface area contributed by atoms with Gasteiger partial charge in [0.2, 0.25) is 0 Å². The van der Waals surface area contributed by atoms with Gasteiger partial charge in [-0.3, -0.25) is 0 Å². The van der Waals surface area contributed by atoms with E-state index in [9.17, 15) is 0 Å². The first-order valence-electron chi connectivity index (χ1n) is 7.30. The van der Waals surface area contributed by atoms with Gasteiger partial charge < -0.3 is 0 Å². The van der Waals surface area contributed by atoms with E-state index in [1.54, 1.807) is 0 Å². The summed E-state index contributed by atoms with van der Waals surface area (Å²) in [5, 5.41) is 0. The molecule has 0 fully saturated rings. The summed E-state index contributed by atoms with van der Waals surface area (Å²) in [6, 6.07) is 17.2. The van der Waals surface area contributed by atoms with Gasteiger partial charge in [0.1, 0.15) is 0 Å². The van der Waals surface area contributed by atoms with Crippen molar-refractivity contribution in [1.29, 1.82) is 0 Å². The minimum absolute atomic E-state index is 0.273. The Morgan fingerprint density at radius 1 is 0.667 bits per heavy atom. The third-order valence-electron chi connectivity index (χ3n) is 4.30. The fourth-order valence-corrected chi connectivity index (χ4v) is 14.0. The quantitative estimate of drug-likeness (QED) is 0.638. The first-order chi connectivity index (χ1) is 9.87. The summed E-state index contributed by atoms with van der Waals surface area (Å²) in [6.07, 6.45) is 0. The molecule has 0 radical (unpaired) electrons. The molecule has 0 saturated carbocycles. The first-order valence-corrected chi connectivity index (χ1v) is 11.5. The van der Waals surface area contributed by atoms with Crippen LogP contribution in [0.5, 0.6) is 0 Å². The second-order valence-electron chi connectivity index (χ2n) is 6.68. The fourth-order valence-electron chi connectivity index (χ4n) is 3.39. The van der Waals surface area contributed by atoms with Crippen molar-refractivity contribution in [3.8, 4) is 0 Å². The SMILES string of the molecule is CC1(C)O[Te]2(OC(C)(C)c3ccccc32)c2ccccc21. The van der Waals surface area contributed by atoms with Crippen LogP contribution >= 0.6 is 0 Å². The fraction of sp³-hybridized carbons (Fsp3) is 0.333. The van der Waals surface area contributed by atoms with Crippen LogP contribution in [0.15, 0.2) is 48.5 Å². The van der Waals surface area contributed by atoms with Crippen molar-refractivity contribution < 1.29 is 6.20 Å². The molecule has 2 aromatic carbocycles. The van der Waals surface area contributed by atoms with Gasteiger partial charge in [-0.05, 0) is 0 Å². The molecule has 4 rings (SSSR count). The van der Waals surface area contributed by atoms with Crippen molar-refractivity contribution >= 4 is 26.2 Å². The monoisotopic (exact) mass is 398 g/mol. The van der Waals surface area contributed by atoms with Crippen LogP contribution in [0.4, 0.5) is 0 Å². The van der Waals surface area contributed by atoms with Crippen LogP contribution in [0.1, 0.15) is 38.8 Å². The molecule has 3 heteroatoms. The van der Waals surface area contributed by atoms with E-state index >= 15 is 0 Å². The van der Waals surface area contributed by atoms with Gasteiger partial charge in [0.25, 0.3) is 0 Å². The average molecular weight is 396 g/mol. The zero-order valence-electron chi connectivity index (χ0n) is 12.8. The van der Waals surface area contributed by atoms with E-state index in [0.29, 0.717) is 0 Å². The molecule has 2 aromatic rings. The molecule has 0 aromatic heterocycles. The summed E-state index contributed by atoms with van der Waals surface area (Å²) in [5.41, 5.74) is 2.04. The molecule has 0 unspecified atom stereocenters.